The van der Waals surface area contributed by atoms with Gasteiger partial charge in [0.15, 0.2) is 0 Å². The Kier molecular flexibility index (Phi) is 5.27. The van der Waals surface area contributed by atoms with Gasteiger partial charge in [-0.15, -0.1) is 0 Å². The molecule has 1 heterocycles. The third kappa shape index (κ3) is 4.77. The Balaban J connectivity index is 2.78. The first-order valence-electron chi connectivity index (χ1n) is 5.31. The third-order valence-corrected chi connectivity index (χ3v) is 4.61. The fourth-order valence-electron chi connectivity index (χ4n) is 1.18. The monoisotopic (exact) mass is 351 g/mol. The quantitative estimate of drug-likeness (QED) is 0.802. The molecular formula is C10H14BrN3O4S. The van der Waals surface area contributed by atoms with Crippen LogP contribution < -0.4 is 4.72 Å². The number of anilines is 1. The number of nitrogens with one attached hydrogen (secondary N) is 1. The van der Waals surface area contributed by atoms with Gasteiger partial charge in [-0.2, -0.15) is 12.7 Å². The molecule has 0 unspecified atom stereocenters. The van der Waals surface area contributed by atoms with Gasteiger partial charge in [0.25, 0.3) is 0 Å². The summed E-state index contributed by atoms with van der Waals surface area (Å²) in [6.45, 7) is 1.62. The van der Waals surface area contributed by atoms with Gasteiger partial charge >= 0.3 is 16.2 Å². The maximum absolute atomic E-state index is 11.9. The molecule has 0 amide bonds. The lowest BCUT2D eigenvalue weighted by molar-refractivity contribution is -0.137. The van der Waals surface area contributed by atoms with Gasteiger partial charge in [0.2, 0.25) is 0 Å². The lowest BCUT2D eigenvalue weighted by Gasteiger charge is -2.17. The maximum atomic E-state index is 11.9. The normalized spacial score (nSPS) is 11.6. The van der Waals surface area contributed by atoms with Crippen molar-refractivity contribution in [2.75, 3.05) is 18.3 Å². The van der Waals surface area contributed by atoms with E-state index in [1.54, 1.807) is 13.0 Å². The molecule has 0 atom stereocenters. The highest BCUT2D eigenvalue weighted by molar-refractivity contribution is 9.10. The molecule has 0 saturated heterocycles. The Hall–Kier alpha value is -1.19. The molecule has 0 radical (unpaired) electrons. The molecule has 2 N–H and O–H groups in total. The van der Waals surface area contributed by atoms with Crippen LogP contribution >= 0.6 is 15.9 Å². The summed E-state index contributed by atoms with van der Waals surface area (Å²) in [4.78, 5) is 14.5. The Morgan fingerprint density at radius 1 is 1.53 bits per heavy atom. The molecule has 7 nitrogen and oxygen atoms in total. The van der Waals surface area contributed by atoms with Crippen LogP contribution in [0.2, 0.25) is 0 Å². The van der Waals surface area contributed by atoms with E-state index in [0.717, 1.165) is 8.78 Å². The first-order valence-corrected chi connectivity index (χ1v) is 7.54. The van der Waals surface area contributed by atoms with Crippen molar-refractivity contribution in [1.29, 1.82) is 0 Å². The van der Waals surface area contributed by atoms with Crippen molar-refractivity contribution < 1.29 is 18.3 Å². The van der Waals surface area contributed by atoms with Crippen molar-refractivity contribution in [1.82, 2.24) is 9.29 Å². The second kappa shape index (κ2) is 6.31. The van der Waals surface area contributed by atoms with E-state index in [9.17, 15) is 13.2 Å². The summed E-state index contributed by atoms with van der Waals surface area (Å²) in [7, 11) is -2.49. The first-order chi connectivity index (χ1) is 8.72. The van der Waals surface area contributed by atoms with Gasteiger partial charge in [0.1, 0.15) is 5.82 Å². The molecule has 9 heteroatoms. The molecule has 0 aliphatic rings. The topological polar surface area (TPSA) is 99.6 Å². The summed E-state index contributed by atoms with van der Waals surface area (Å²) in [6, 6.07) is 3.19. The largest absolute Gasteiger partial charge is 0.481 e. The number of pyridine rings is 1. The zero-order valence-corrected chi connectivity index (χ0v) is 12.8. The summed E-state index contributed by atoms with van der Waals surface area (Å²) < 4.78 is 27.7. The van der Waals surface area contributed by atoms with E-state index in [1.807, 2.05) is 0 Å². The highest BCUT2D eigenvalue weighted by atomic mass is 79.9. The molecule has 1 rings (SSSR count). The van der Waals surface area contributed by atoms with Crippen molar-refractivity contribution in [3.8, 4) is 0 Å². The highest BCUT2D eigenvalue weighted by Crippen LogP contribution is 2.17. The number of carboxylic acid groups (broad SMARTS) is 1. The predicted molar refractivity (Wildman–Crippen MR) is 74.1 cm³/mol. The Morgan fingerprint density at radius 3 is 2.68 bits per heavy atom. The van der Waals surface area contributed by atoms with E-state index in [2.05, 4.69) is 25.6 Å². The number of carboxylic acids is 1. The molecular weight excluding hydrogens is 338 g/mol. The van der Waals surface area contributed by atoms with Crippen molar-refractivity contribution in [3.05, 3.63) is 22.3 Å². The van der Waals surface area contributed by atoms with Crippen LogP contribution in [0.5, 0.6) is 0 Å². The van der Waals surface area contributed by atoms with E-state index < -0.39 is 16.2 Å². The molecule has 0 saturated carbocycles. The first kappa shape index (κ1) is 15.9. The Bertz CT molecular complexity index is 576. The predicted octanol–water partition coefficient (Wildman–Crippen LogP) is 1.22. The molecule has 0 aliphatic heterocycles. The van der Waals surface area contributed by atoms with Gasteiger partial charge in [0, 0.05) is 18.1 Å². The summed E-state index contributed by atoms with van der Waals surface area (Å²) in [5, 5.41) is 8.53. The molecule has 0 fully saturated rings. The molecule has 0 bridgehead atoms. The minimum atomic E-state index is -3.80. The van der Waals surface area contributed by atoms with Gasteiger partial charge in [-0.05, 0) is 35.0 Å². The van der Waals surface area contributed by atoms with Gasteiger partial charge in [0.05, 0.1) is 12.1 Å². The van der Waals surface area contributed by atoms with Gasteiger partial charge in [-0.25, -0.2) is 4.98 Å². The van der Waals surface area contributed by atoms with E-state index in [4.69, 9.17) is 5.11 Å². The Labute approximate surface area is 120 Å². The smallest absolute Gasteiger partial charge is 0.304 e. The van der Waals surface area contributed by atoms with Crippen LogP contribution in [-0.2, 0) is 15.0 Å². The zero-order chi connectivity index (χ0) is 14.6. The van der Waals surface area contributed by atoms with Crippen LogP contribution in [0, 0.1) is 6.92 Å². The van der Waals surface area contributed by atoms with Crippen LogP contribution in [-0.4, -0.2) is 42.4 Å². The molecule has 1 aromatic rings. The summed E-state index contributed by atoms with van der Waals surface area (Å²) >= 11 is 3.26. The molecule has 0 spiro atoms. The second-order valence-electron chi connectivity index (χ2n) is 3.84. The number of aryl methyl sites for hydroxylation is 1. The minimum Gasteiger partial charge on any atom is -0.481 e. The average Bonchev–Trinajstić information content (AvgIpc) is 2.30. The SMILES string of the molecule is Cc1nc(NS(=O)(=O)N(C)CCC(=O)O)ccc1Br. The number of nitrogens with zero attached hydrogens (tertiary/aromatic N) is 2. The van der Waals surface area contributed by atoms with Crippen LogP contribution in [0.4, 0.5) is 5.82 Å². The number of hydrogen-bond acceptors (Lipinski definition) is 4. The van der Waals surface area contributed by atoms with Crippen molar-refractivity contribution in [2.24, 2.45) is 0 Å². The Morgan fingerprint density at radius 2 is 2.16 bits per heavy atom. The number of aromatic nitrogens is 1. The summed E-state index contributed by atoms with van der Waals surface area (Å²) in [6.07, 6.45) is -0.260. The molecule has 0 aliphatic carbocycles. The molecule has 106 valence electrons. The van der Waals surface area contributed by atoms with Crippen LogP contribution in [0.25, 0.3) is 0 Å². The lowest BCUT2D eigenvalue weighted by Crippen LogP contribution is -2.34. The van der Waals surface area contributed by atoms with Gasteiger partial charge in [-0.1, -0.05) is 0 Å². The maximum Gasteiger partial charge on any atom is 0.304 e. The number of hydrogen-bond donors (Lipinski definition) is 2. The minimum absolute atomic E-state index is 0.111. The number of rotatable bonds is 6. The number of carbonyl (C=O) groups is 1. The van der Waals surface area contributed by atoms with Crippen LogP contribution in [0.3, 0.4) is 0 Å². The third-order valence-electron chi connectivity index (χ3n) is 2.31. The van der Waals surface area contributed by atoms with E-state index >= 15 is 0 Å². The average molecular weight is 352 g/mol. The summed E-state index contributed by atoms with van der Waals surface area (Å²) in [5.74, 6) is -0.873. The van der Waals surface area contributed by atoms with Crippen molar-refractivity contribution in [3.63, 3.8) is 0 Å². The van der Waals surface area contributed by atoms with Gasteiger partial charge < -0.3 is 5.11 Å². The molecule has 0 aromatic carbocycles. The number of halogens is 1. The zero-order valence-electron chi connectivity index (χ0n) is 10.4. The molecule has 1 aromatic heterocycles. The highest BCUT2D eigenvalue weighted by Gasteiger charge is 2.19. The van der Waals surface area contributed by atoms with Crippen LogP contribution in [0.1, 0.15) is 12.1 Å². The fourth-order valence-corrected chi connectivity index (χ4v) is 2.27. The van der Waals surface area contributed by atoms with Gasteiger partial charge in [-0.3, -0.25) is 9.52 Å². The fraction of sp³-hybridized carbons (Fsp3) is 0.400. The van der Waals surface area contributed by atoms with Crippen molar-refractivity contribution in [2.45, 2.75) is 13.3 Å². The van der Waals surface area contributed by atoms with E-state index in [-0.39, 0.29) is 18.8 Å². The van der Waals surface area contributed by atoms with Crippen molar-refractivity contribution >= 4 is 37.9 Å². The summed E-state index contributed by atoms with van der Waals surface area (Å²) in [5.41, 5.74) is 0.647. The van der Waals surface area contributed by atoms with Crippen LogP contribution in [0.15, 0.2) is 16.6 Å². The molecule has 19 heavy (non-hydrogen) atoms. The van der Waals surface area contributed by atoms with E-state index in [1.165, 1.54) is 13.1 Å². The standard InChI is InChI=1S/C10H14BrN3O4S/c1-7-8(11)3-4-9(12-7)13-19(17,18)14(2)6-5-10(15)16/h3-4H,5-6H2,1-2H3,(H,12,13)(H,15,16). The van der Waals surface area contributed by atoms with E-state index in [0.29, 0.717) is 5.69 Å². The second-order valence-corrected chi connectivity index (χ2v) is 6.47. The lowest BCUT2D eigenvalue weighted by atomic mass is 10.4. The number of aliphatic carboxylic acids is 1.